The first-order chi connectivity index (χ1) is 8.95. The van der Waals surface area contributed by atoms with Gasteiger partial charge in [-0.3, -0.25) is 5.32 Å². The van der Waals surface area contributed by atoms with Gasteiger partial charge in [0.25, 0.3) is 0 Å². The van der Waals surface area contributed by atoms with Gasteiger partial charge in [0.05, 0.1) is 7.11 Å². The van der Waals surface area contributed by atoms with Gasteiger partial charge in [-0.1, -0.05) is 27.5 Å². The van der Waals surface area contributed by atoms with E-state index in [0.29, 0.717) is 11.6 Å². The average Bonchev–Trinajstić information content (AvgIpc) is 2.37. The van der Waals surface area contributed by atoms with E-state index in [2.05, 4.69) is 21.2 Å². The van der Waals surface area contributed by atoms with Gasteiger partial charge in [0.2, 0.25) is 0 Å². The minimum Gasteiger partial charge on any atom is -0.468 e. The molecule has 0 aliphatic heterocycles. The fourth-order valence-corrected chi connectivity index (χ4v) is 2.26. The van der Waals surface area contributed by atoms with Crippen LogP contribution in [0.2, 0.25) is 5.02 Å². The van der Waals surface area contributed by atoms with Gasteiger partial charge in [-0.2, -0.15) is 0 Å². The molecule has 6 heteroatoms. The molecule has 0 bridgehead atoms. The summed E-state index contributed by atoms with van der Waals surface area (Å²) in [5.74, 6) is -0.332. The largest absolute Gasteiger partial charge is 0.468 e. The van der Waals surface area contributed by atoms with E-state index in [1.165, 1.54) is 7.11 Å². The summed E-state index contributed by atoms with van der Waals surface area (Å²) >= 11 is 9.42. The third kappa shape index (κ3) is 5.10. The summed E-state index contributed by atoms with van der Waals surface area (Å²) in [6.45, 7) is 1.50. The highest BCUT2D eigenvalue weighted by atomic mass is 79.9. The number of benzene rings is 1. The van der Waals surface area contributed by atoms with Crippen molar-refractivity contribution >= 4 is 33.5 Å². The van der Waals surface area contributed by atoms with Gasteiger partial charge < -0.3 is 9.64 Å². The van der Waals surface area contributed by atoms with Crippen molar-refractivity contribution in [3.05, 3.63) is 33.3 Å². The van der Waals surface area contributed by atoms with Crippen LogP contribution >= 0.6 is 27.5 Å². The molecular formula is C13H18BrClN2O2. The van der Waals surface area contributed by atoms with Crippen LogP contribution in [0.15, 0.2) is 22.7 Å². The smallest absolute Gasteiger partial charge is 0.327 e. The van der Waals surface area contributed by atoms with E-state index in [4.69, 9.17) is 16.3 Å². The third-order valence-corrected chi connectivity index (χ3v) is 3.57. The lowest BCUT2D eigenvalue weighted by Gasteiger charge is -2.19. The van der Waals surface area contributed by atoms with Crippen molar-refractivity contribution in [1.29, 1.82) is 0 Å². The summed E-state index contributed by atoms with van der Waals surface area (Å²) in [5.41, 5.74) is 0.776. The molecule has 0 heterocycles. The molecule has 0 amide bonds. The molecule has 1 unspecified atom stereocenters. The van der Waals surface area contributed by atoms with Gasteiger partial charge in [-0.25, -0.2) is 4.79 Å². The zero-order valence-electron chi connectivity index (χ0n) is 11.2. The summed E-state index contributed by atoms with van der Waals surface area (Å²) in [5, 5.41) is 3.77. The van der Waals surface area contributed by atoms with E-state index in [-0.39, 0.29) is 5.97 Å². The number of esters is 1. The minimum atomic E-state index is -0.530. The lowest BCUT2D eigenvalue weighted by Crippen LogP contribution is -2.34. The highest BCUT2D eigenvalue weighted by molar-refractivity contribution is 9.10. The summed E-state index contributed by atoms with van der Waals surface area (Å²) in [7, 11) is 5.33. The highest BCUT2D eigenvalue weighted by Gasteiger charge is 2.23. The normalized spacial score (nSPS) is 12.5. The van der Waals surface area contributed by atoms with Crippen LogP contribution in [0.3, 0.4) is 0 Å². The first-order valence-corrected chi connectivity index (χ1v) is 7.03. The second-order valence-corrected chi connectivity index (χ2v) is 5.67. The van der Waals surface area contributed by atoms with Crippen molar-refractivity contribution in [2.75, 3.05) is 34.3 Å². The van der Waals surface area contributed by atoms with E-state index in [9.17, 15) is 4.79 Å². The lowest BCUT2D eigenvalue weighted by atomic mass is 10.1. The molecule has 0 aliphatic rings. The Kier molecular flexibility index (Phi) is 6.79. The van der Waals surface area contributed by atoms with Crippen LogP contribution < -0.4 is 5.32 Å². The molecule has 4 nitrogen and oxygen atoms in total. The molecule has 1 aromatic rings. The fraction of sp³-hybridized carbons (Fsp3) is 0.462. The van der Waals surface area contributed by atoms with E-state index in [0.717, 1.165) is 16.6 Å². The molecule has 1 atom stereocenters. The second kappa shape index (κ2) is 7.85. The Morgan fingerprint density at radius 2 is 2.21 bits per heavy atom. The van der Waals surface area contributed by atoms with Gasteiger partial charge >= 0.3 is 5.97 Å². The Balaban J connectivity index is 2.89. The highest BCUT2D eigenvalue weighted by Crippen LogP contribution is 2.27. The first kappa shape index (κ1) is 16.4. The number of hydrogen-bond donors (Lipinski definition) is 1. The number of methoxy groups -OCH3 is 1. The van der Waals surface area contributed by atoms with Crippen LogP contribution in [0.5, 0.6) is 0 Å². The van der Waals surface area contributed by atoms with Gasteiger partial charge in [0.1, 0.15) is 6.04 Å². The molecule has 0 radical (unpaired) electrons. The van der Waals surface area contributed by atoms with Gasteiger partial charge in [0, 0.05) is 22.6 Å². The Bertz CT molecular complexity index is 441. The molecular weight excluding hydrogens is 332 g/mol. The molecule has 0 saturated heterocycles. The van der Waals surface area contributed by atoms with E-state index < -0.39 is 6.04 Å². The van der Waals surface area contributed by atoms with Crippen molar-refractivity contribution in [2.24, 2.45) is 0 Å². The van der Waals surface area contributed by atoms with Crippen LogP contribution in [0, 0.1) is 0 Å². The number of carbonyl (C=O) groups is 1. The molecule has 1 N–H and O–H groups in total. The number of nitrogens with zero attached hydrogens (tertiary/aromatic N) is 1. The first-order valence-electron chi connectivity index (χ1n) is 5.86. The zero-order valence-corrected chi connectivity index (χ0v) is 13.6. The molecule has 0 fully saturated rings. The predicted octanol–water partition coefficient (Wildman–Crippen LogP) is 2.47. The maximum atomic E-state index is 11.9. The lowest BCUT2D eigenvalue weighted by molar-refractivity contribution is -0.143. The number of halogens is 2. The average molecular weight is 350 g/mol. The Labute approximate surface area is 127 Å². The molecule has 0 spiro atoms. The van der Waals surface area contributed by atoms with Crippen LogP contribution in [0.4, 0.5) is 0 Å². The van der Waals surface area contributed by atoms with E-state index in [1.807, 2.05) is 25.1 Å². The number of nitrogens with one attached hydrogen (secondary N) is 1. The monoisotopic (exact) mass is 348 g/mol. The number of hydrogen-bond acceptors (Lipinski definition) is 4. The van der Waals surface area contributed by atoms with Crippen LogP contribution in [-0.4, -0.2) is 45.2 Å². The van der Waals surface area contributed by atoms with Crippen LogP contribution in [0.25, 0.3) is 0 Å². The summed E-state index contributed by atoms with van der Waals surface area (Å²) in [4.78, 5) is 13.9. The van der Waals surface area contributed by atoms with Gasteiger partial charge in [-0.15, -0.1) is 0 Å². The second-order valence-electron chi connectivity index (χ2n) is 4.38. The molecule has 0 aromatic heterocycles. The van der Waals surface area contributed by atoms with E-state index in [1.54, 1.807) is 12.1 Å². The third-order valence-electron chi connectivity index (χ3n) is 2.61. The van der Waals surface area contributed by atoms with Crippen molar-refractivity contribution in [3.63, 3.8) is 0 Å². The fourth-order valence-electron chi connectivity index (χ4n) is 1.61. The zero-order chi connectivity index (χ0) is 14.4. The topological polar surface area (TPSA) is 41.6 Å². The van der Waals surface area contributed by atoms with Crippen molar-refractivity contribution in [2.45, 2.75) is 6.04 Å². The Morgan fingerprint density at radius 1 is 1.53 bits per heavy atom. The SMILES string of the molecule is COC(=O)C(NCCN(C)C)c1cc(Cl)ccc1Br. The van der Waals surface area contributed by atoms with E-state index >= 15 is 0 Å². The summed E-state index contributed by atoms with van der Waals surface area (Å²) in [6.07, 6.45) is 0. The number of carbonyl (C=O) groups excluding carboxylic acids is 1. The van der Waals surface area contributed by atoms with Gasteiger partial charge in [0.15, 0.2) is 0 Å². The number of ether oxygens (including phenoxy) is 1. The molecule has 1 rings (SSSR count). The maximum absolute atomic E-state index is 11.9. The van der Waals surface area contributed by atoms with Gasteiger partial charge in [-0.05, 0) is 37.9 Å². The summed E-state index contributed by atoms with van der Waals surface area (Å²) in [6, 6.07) is 4.82. The Hall–Kier alpha value is -0.620. The number of rotatable bonds is 6. The molecule has 1 aromatic carbocycles. The standard InChI is InChI=1S/C13H18BrClN2O2/c1-17(2)7-6-16-12(13(18)19-3)10-8-9(15)4-5-11(10)14/h4-5,8,12,16H,6-7H2,1-3H3. The molecule has 106 valence electrons. The van der Waals surface area contributed by atoms with Crippen LogP contribution in [-0.2, 0) is 9.53 Å². The summed E-state index contributed by atoms with van der Waals surface area (Å²) < 4.78 is 5.66. The van der Waals surface area contributed by atoms with Crippen LogP contribution in [0.1, 0.15) is 11.6 Å². The Morgan fingerprint density at radius 3 is 2.79 bits per heavy atom. The minimum absolute atomic E-state index is 0.332. The maximum Gasteiger partial charge on any atom is 0.327 e. The van der Waals surface area contributed by atoms with Crippen molar-refractivity contribution < 1.29 is 9.53 Å². The molecule has 0 saturated carbocycles. The number of likely N-dealkylation sites (N-methyl/N-ethyl adjacent to an activating group) is 1. The molecule has 0 aliphatic carbocycles. The predicted molar refractivity (Wildman–Crippen MR) is 80.5 cm³/mol. The quantitative estimate of drug-likeness (QED) is 0.801. The molecule has 19 heavy (non-hydrogen) atoms. The van der Waals surface area contributed by atoms with Crippen molar-refractivity contribution in [3.8, 4) is 0 Å². The van der Waals surface area contributed by atoms with Crippen molar-refractivity contribution in [1.82, 2.24) is 10.2 Å².